The van der Waals surface area contributed by atoms with E-state index in [0.717, 1.165) is 31.6 Å². The molecule has 0 radical (unpaired) electrons. The average Bonchev–Trinajstić information content (AvgIpc) is 2.69. The number of anilines is 1. The van der Waals surface area contributed by atoms with E-state index in [0.29, 0.717) is 0 Å². The number of aromatic amines is 1. The van der Waals surface area contributed by atoms with Crippen molar-refractivity contribution in [3.8, 4) is 0 Å². The fraction of sp³-hybridized carbons (Fsp3) is 0.600. The van der Waals surface area contributed by atoms with E-state index in [-0.39, 0.29) is 12.3 Å². The van der Waals surface area contributed by atoms with Crippen molar-refractivity contribution >= 4 is 11.7 Å². The van der Waals surface area contributed by atoms with Gasteiger partial charge in [-0.05, 0) is 18.8 Å². The first kappa shape index (κ1) is 10.0. The number of nitrogens with zero attached hydrogens (tertiary/aromatic N) is 2. The van der Waals surface area contributed by atoms with Crippen LogP contribution >= 0.6 is 0 Å². The Morgan fingerprint density at radius 1 is 1.73 bits per heavy atom. The van der Waals surface area contributed by atoms with Gasteiger partial charge in [0.25, 0.3) is 0 Å². The number of carboxylic acids is 1. The quantitative estimate of drug-likeness (QED) is 0.782. The fourth-order valence-electron chi connectivity index (χ4n) is 2.13. The van der Waals surface area contributed by atoms with Gasteiger partial charge in [-0.2, -0.15) is 5.10 Å². The molecule has 0 amide bonds. The number of rotatable bonds is 3. The van der Waals surface area contributed by atoms with Crippen LogP contribution in [0.5, 0.6) is 0 Å². The number of H-pyrrole nitrogens is 1. The van der Waals surface area contributed by atoms with Crippen LogP contribution in [-0.4, -0.2) is 34.4 Å². The number of carbonyl (C=O) groups is 1. The van der Waals surface area contributed by atoms with Gasteiger partial charge in [-0.1, -0.05) is 0 Å². The van der Waals surface area contributed by atoms with Gasteiger partial charge >= 0.3 is 5.97 Å². The molecule has 0 aromatic carbocycles. The highest BCUT2D eigenvalue weighted by atomic mass is 16.4. The first-order chi connectivity index (χ1) is 7.25. The zero-order valence-electron chi connectivity index (χ0n) is 8.52. The lowest BCUT2D eigenvalue weighted by molar-refractivity contribution is -0.138. The minimum atomic E-state index is -0.700. The summed E-state index contributed by atoms with van der Waals surface area (Å²) >= 11 is 0. The SMILES string of the molecule is O=C(O)CC1CCCN(c2cn[nH]c2)C1. The molecule has 2 N–H and O–H groups in total. The highest BCUT2D eigenvalue weighted by Gasteiger charge is 2.22. The summed E-state index contributed by atoms with van der Waals surface area (Å²) in [5.74, 6) is -0.430. The lowest BCUT2D eigenvalue weighted by Gasteiger charge is -2.32. The third-order valence-corrected chi connectivity index (χ3v) is 2.83. The molecule has 1 aromatic heterocycles. The number of piperidine rings is 1. The molecule has 5 nitrogen and oxygen atoms in total. The highest BCUT2D eigenvalue weighted by molar-refractivity contribution is 5.67. The highest BCUT2D eigenvalue weighted by Crippen LogP contribution is 2.23. The van der Waals surface area contributed by atoms with Crippen molar-refractivity contribution in [2.45, 2.75) is 19.3 Å². The van der Waals surface area contributed by atoms with Gasteiger partial charge in [0.15, 0.2) is 0 Å². The molecule has 82 valence electrons. The van der Waals surface area contributed by atoms with E-state index < -0.39 is 5.97 Å². The maximum absolute atomic E-state index is 10.6. The molecule has 0 bridgehead atoms. The Hall–Kier alpha value is -1.52. The zero-order valence-corrected chi connectivity index (χ0v) is 8.52. The fourth-order valence-corrected chi connectivity index (χ4v) is 2.13. The van der Waals surface area contributed by atoms with Gasteiger partial charge < -0.3 is 10.0 Å². The van der Waals surface area contributed by atoms with Crippen molar-refractivity contribution in [1.82, 2.24) is 10.2 Å². The van der Waals surface area contributed by atoms with E-state index >= 15 is 0 Å². The summed E-state index contributed by atoms with van der Waals surface area (Å²) in [7, 11) is 0. The lowest BCUT2D eigenvalue weighted by Crippen LogP contribution is -2.36. The van der Waals surface area contributed by atoms with Gasteiger partial charge in [-0.15, -0.1) is 0 Å². The number of nitrogens with one attached hydrogen (secondary N) is 1. The monoisotopic (exact) mass is 209 g/mol. The Morgan fingerprint density at radius 2 is 2.60 bits per heavy atom. The molecule has 1 saturated heterocycles. The van der Waals surface area contributed by atoms with E-state index in [1.165, 1.54) is 0 Å². The molecule has 1 aliphatic rings. The Balaban J connectivity index is 1.95. The van der Waals surface area contributed by atoms with Gasteiger partial charge in [-0.3, -0.25) is 9.89 Å². The molecule has 5 heteroatoms. The molecule has 2 heterocycles. The van der Waals surface area contributed by atoms with Gasteiger partial charge in [-0.25, -0.2) is 0 Å². The molecule has 1 aliphatic heterocycles. The minimum absolute atomic E-state index is 0.270. The average molecular weight is 209 g/mol. The van der Waals surface area contributed by atoms with E-state index in [9.17, 15) is 4.79 Å². The predicted molar refractivity (Wildman–Crippen MR) is 55.8 cm³/mol. The predicted octanol–water partition coefficient (Wildman–Crippen LogP) is 1.10. The normalized spacial score (nSPS) is 21.6. The van der Waals surface area contributed by atoms with E-state index in [4.69, 9.17) is 5.11 Å². The zero-order chi connectivity index (χ0) is 10.7. The number of aromatic nitrogens is 2. The van der Waals surface area contributed by atoms with E-state index in [1.807, 2.05) is 6.20 Å². The second-order valence-electron chi connectivity index (χ2n) is 4.01. The first-order valence-electron chi connectivity index (χ1n) is 5.21. The molecule has 1 aromatic rings. The molecular formula is C10H15N3O2. The maximum Gasteiger partial charge on any atom is 0.303 e. The van der Waals surface area contributed by atoms with Gasteiger partial charge in [0.05, 0.1) is 11.9 Å². The number of hydrogen-bond donors (Lipinski definition) is 2. The van der Waals surface area contributed by atoms with Crippen LogP contribution in [0.4, 0.5) is 5.69 Å². The van der Waals surface area contributed by atoms with Crippen molar-refractivity contribution < 1.29 is 9.90 Å². The van der Waals surface area contributed by atoms with Crippen LogP contribution in [0.15, 0.2) is 12.4 Å². The lowest BCUT2D eigenvalue weighted by atomic mass is 9.95. The van der Waals surface area contributed by atoms with Crippen molar-refractivity contribution in [2.24, 2.45) is 5.92 Å². The molecule has 1 fully saturated rings. The Kier molecular flexibility index (Phi) is 2.89. The summed E-state index contributed by atoms with van der Waals surface area (Å²) in [6, 6.07) is 0. The van der Waals surface area contributed by atoms with Crippen molar-refractivity contribution in [3.05, 3.63) is 12.4 Å². The molecule has 1 unspecified atom stereocenters. The smallest absolute Gasteiger partial charge is 0.303 e. The number of aliphatic carboxylic acids is 1. The third-order valence-electron chi connectivity index (χ3n) is 2.83. The summed E-state index contributed by atoms with van der Waals surface area (Å²) in [4.78, 5) is 12.8. The topological polar surface area (TPSA) is 69.2 Å². The largest absolute Gasteiger partial charge is 0.481 e. The maximum atomic E-state index is 10.6. The van der Waals surface area contributed by atoms with E-state index in [2.05, 4.69) is 15.1 Å². The van der Waals surface area contributed by atoms with Crippen LogP contribution in [0.2, 0.25) is 0 Å². The molecule has 1 atom stereocenters. The summed E-state index contributed by atoms with van der Waals surface area (Å²) in [5.41, 5.74) is 1.06. The third kappa shape index (κ3) is 2.49. The molecule has 0 spiro atoms. The van der Waals surface area contributed by atoms with Crippen molar-refractivity contribution in [1.29, 1.82) is 0 Å². The van der Waals surface area contributed by atoms with Crippen LogP contribution in [0.25, 0.3) is 0 Å². The summed E-state index contributed by atoms with van der Waals surface area (Å²) in [5, 5.41) is 15.4. The molecule has 0 aliphatic carbocycles. The number of carboxylic acid groups (broad SMARTS) is 1. The molecule has 15 heavy (non-hydrogen) atoms. The summed E-state index contributed by atoms with van der Waals surface area (Å²) in [6.07, 6.45) is 5.98. The second-order valence-corrected chi connectivity index (χ2v) is 4.01. The Labute approximate surface area is 88.1 Å². The van der Waals surface area contributed by atoms with Gasteiger partial charge in [0, 0.05) is 25.7 Å². The van der Waals surface area contributed by atoms with Crippen LogP contribution in [0.1, 0.15) is 19.3 Å². The van der Waals surface area contributed by atoms with Crippen LogP contribution in [0, 0.1) is 5.92 Å². The Bertz CT molecular complexity index is 323. The first-order valence-corrected chi connectivity index (χ1v) is 5.21. The van der Waals surface area contributed by atoms with E-state index in [1.54, 1.807) is 6.20 Å². The van der Waals surface area contributed by atoms with Crippen molar-refractivity contribution in [2.75, 3.05) is 18.0 Å². The van der Waals surface area contributed by atoms with Crippen LogP contribution < -0.4 is 4.90 Å². The molecular weight excluding hydrogens is 194 g/mol. The molecule has 0 saturated carbocycles. The Morgan fingerprint density at radius 3 is 3.27 bits per heavy atom. The van der Waals surface area contributed by atoms with Crippen molar-refractivity contribution in [3.63, 3.8) is 0 Å². The standard InChI is InChI=1S/C10H15N3O2/c14-10(15)4-8-2-1-3-13(7-8)9-5-11-12-6-9/h5-6,8H,1-4,7H2,(H,11,12)(H,14,15). The molecule has 2 rings (SSSR count). The summed E-state index contributed by atoms with van der Waals surface area (Å²) < 4.78 is 0. The van der Waals surface area contributed by atoms with Gasteiger partial charge in [0.2, 0.25) is 0 Å². The van der Waals surface area contributed by atoms with Crippen LogP contribution in [0.3, 0.4) is 0 Å². The van der Waals surface area contributed by atoms with Gasteiger partial charge in [0.1, 0.15) is 0 Å². The minimum Gasteiger partial charge on any atom is -0.481 e. The second kappa shape index (κ2) is 4.33. The summed E-state index contributed by atoms with van der Waals surface area (Å²) in [6.45, 7) is 1.82. The number of hydrogen-bond acceptors (Lipinski definition) is 3. The van der Waals surface area contributed by atoms with Crippen LogP contribution in [-0.2, 0) is 4.79 Å².